The highest BCUT2D eigenvalue weighted by molar-refractivity contribution is 7.90. The standard InChI is InChI=1S/C18H18F2N2O4S/c1-27(24,25)15-4-2-3-14(9-15)26-13-7-5-12(6-8-13)22-17(23)16-10-18(19,20)11-21-16/h2-9,16,21H,10-11H2,1H3,(H,22,23). The summed E-state index contributed by atoms with van der Waals surface area (Å²) in [6, 6.07) is 11.5. The van der Waals surface area contributed by atoms with Crippen LogP contribution in [0.3, 0.4) is 0 Å². The van der Waals surface area contributed by atoms with Gasteiger partial charge in [0, 0.05) is 18.4 Å². The molecule has 0 bridgehead atoms. The molecule has 2 N–H and O–H groups in total. The van der Waals surface area contributed by atoms with Crippen LogP contribution in [0, 0.1) is 0 Å². The Morgan fingerprint density at radius 3 is 2.48 bits per heavy atom. The summed E-state index contributed by atoms with van der Waals surface area (Å²) in [6.07, 6.45) is 0.579. The Morgan fingerprint density at radius 2 is 1.89 bits per heavy atom. The van der Waals surface area contributed by atoms with E-state index in [1.54, 1.807) is 36.4 Å². The fraction of sp³-hybridized carbons (Fsp3) is 0.278. The Bertz CT molecular complexity index is 946. The predicted molar refractivity (Wildman–Crippen MR) is 96.1 cm³/mol. The van der Waals surface area contributed by atoms with Crippen molar-refractivity contribution < 1.29 is 26.7 Å². The third kappa shape index (κ3) is 5.01. The van der Waals surface area contributed by atoms with Gasteiger partial charge in [-0.05, 0) is 42.5 Å². The Labute approximate surface area is 155 Å². The molecule has 0 aliphatic carbocycles. The van der Waals surface area contributed by atoms with Crippen molar-refractivity contribution in [2.75, 3.05) is 18.1 Å². The lowest BCUT2D eigenvalue weighted by molar-refractivity contribution is -0.118. The van der Waals surface area contributed by atoms with Crippen molar-refractivity contribution in [3.05, 3.63) is 48.5 Å². The normalized spacial score (nSPS) is 18.9. The molecular weight excluding hydrogens is 378 g/mol. The van der Waals surface area contributed by atoms with Gasteiger partial charge in [0.05, 0.1) is 17.5 Å². The van der Waals surface area contributed by atoms with E-state index < -0.39 is 40.7 Å². The molecule has 2 aromatic rings. The summed E-state index contributed by atoms with van der Waals surface area (Å²) in [5.74, 6) is -2.61. The van der Waals surface area contributed by atoms with Gasteiger partial charge in [0.25, 0.3) is 5.92 Å². The van der Waals surface area contributed by atoms with Crippen LogP contribution in [0.1, 0.15) is 6.42 Å². The summed E-state index contributed by atoms with van der Waals surface area (Å²) in [6.45, 7) is -0.510. The molecule has 0 saturated carbocycles. The minimum absolute atomic E-state index is 0.143. The van der Waals surface area contributed by atoms with Crippen molar-refractivity contribution in [3.8, 4) is 11.5 Å². The number of halogens is 2. The summed E-state index contributed by atoms with van der Waals surface area (Å²) in [5.41, 5.74) is 0.439. The Balaban J connectivity index is 1.63. The van der Waals surface area contributed by atoms with Gasteiger partial charge in [-0.1, -0.05) is 6.07 Å². The van der Waals surface area contributed by atoms with Crippen LogP contribution in [0.15, 0.2) is 53.4 Å². The van der Waals surface area contributed by atoms with Crippen molar-refractivity contribution >= 4 is 21.4 Å². The Morgan fingerprint density at radius 1 is 1.19 bits per heavy atom. The highest BCUT2D eigenvalue weighted by atomic mass is 32.2. The molecule has 1 atom stereocenters. The maximum Gasteiger partial charge on any atom is 0.262 e. The van der Waals surface area contributed by atoms with Crippen molar-refractivity contribution in [2.45, 2.75) is 23.3 Å². The molecule has 1 heterocycles. The van der Waals surface area contributed by atoms with Gasteiger partial charge in [0.15, 0.2) is 9.84 Å². The molecule has 1 aliphatic heterocycles. The second-order valence-electron chi connectivity index (χ2n) is 6.36. The molecule has 0 aromatic heterocycles. The first-order chi connectivity index (χ1) is 12.6. The summed E-state index contributed by atoms with van der Waals surface area (Å²) in [4.78, 5) is 12.2. The van der Waals surface area contributed by atoms with Gasteiger partial charge in [0.1, 0.15) is 11.5 Å². The number of alkyl halides is 2. The average Bonchev–Trinajstić information content (AvgIpc) is 2.96. The first-order valence-electron chi connectivity index (χ1n) is 8.13. The molecule has 1 saturated heterocycles. The van der Waals surface area contributed by atoms with Crippen LogP contribution in [0.4, 0.5) is 14.5 Å². The number of carbonyl (C=O) groups excluding carboxylic acids is 1. The summed E-state index contributed by atoms with van der Waals surface area (Å²) >= 11 is 0. The van der Waals surface area contributed by atoms with E-state index in [1.807, 2.05) is 0 Å². The Hall–Kier alpha value is -2.52. The molecule has 144 valence electrons. The third-order valence-corrected chi connectivity index (χ3v) is 5.13. The number of hydrogen-bond acceptors (Lipinski definition) is 5. The second-order valence-corrected chi connectivity index (χ2v) is 8.37. The first-order valence-corrected chi connectivity index (χ1v) is 10.0. The van der Waals surface area contributed by atoms with E-state index in [9.17, 15) is 22.0 Å². The topological polar surface area (TPSA) is 84.5 Å². The lowest BCUT2D eigenvalue weighted by Crippen LogP contribution is -2.35. The molecule has 1 unspecified atom stereocenters. The van der Waals surface area contributed by atoms with Gasteiger partial charge in [0.2, 0.25) is 5.91 Å². The summed E-state index contributed by atoms with van der Waals surface area (Å²) in [5, 5.41) is 5.06. The number of nitrogens with one attached hydrogen (secondary N) is 2. The summed E-state index contributed by atoms with van der Waals surface area (Å²) in [7, 11) is -3.34. The van der Waals surface area contributed by atoms with E-state index in [0.717, 1.165) is 6.26 Å². The monoisotopic (exact) mass is 396 g/mol. The van der Waals surface area contributed by atoms with Crippen LogP contribution >= 0.6 is 0 Å². The summed E-state index contributed by atoms with van der Waals surface area (Å²) < 4.78 is 55.1. The lowest BCUT2D eigenvalue weighted by Gasteiger charge is -2.12. The van der Waals surface area contributed by atoms with Gasteiger partial charge < -0.3 is 10.1 Å². The maximum atomic E-state index is 13.2. The number of rotatable bonds is 5. The van der Waals surface area contributed by atoms with Crippen LogP contribution in [0.25, 0.3) is 0 Å². The molecule has 2 aromatic carbocycles. The quantitative estimate of drug-likeness (QED) is 0.812. The van der Waals surface area contributed by atoms with Crippen LogP contribution in [0.2, 0.25) is 0 Å². The molecule has 1 amide bonds. The van der Waals surface area contributed by atoms with Crippen molar-refractivity contribution in [1.82, 2.24) is 5.32 Å². The number of benzene rings is 2. The fourth-order valence-corrected chi connectivity index (χ4v) is 3.30. The molecule has 6 nitrogen and oxygen atoms in total. The third-order valence-electron chi connectivity index (χ3n) is 4.02. The molecule has 3 rings (SSSR count). The second kappa shape index (κ2) is 7.24. The molecule has 0 spiro atoms. The molecule has 27 heavy (non-hydrogen) atoms. The molecule has 9 heteroatoms. The molecule has 0 radical (unpaired) electrons. The van der Waals surface area contributed by atoms with Crippen molar-refractivity contribution in [3.63, 3.8) is 0 Å². The van der Waals surface area contributed by atoms with Crippen molar-refractivity contribution in [1.29, 1.82) is 0 Å². The van der Waals surface area contributed by atoms with Gasteiger partial charge in [-0.2, -0.15) is 0 Å². The number of hydrogen-bond donors (Lipinski definition) is 2. The fourth-order valence-electron chi connectivity index (χ4n) is 2.64. The number of amides is 1. The Kier molecular flexibility index (Phi) is 5.16. The van der Waals surface area contributed by atoms with E-state index in [0.29, 0.717) is 17.2 Å². The van der Waals surface area contributed by atoms with E-state index >= 15 is 0 Å². The van der Waals surface area contributed by atoms with Crippen LogP contribution in [-0.2, 0) is 14.6 Å². The SMILES string of the molecule is CS(=O)(=O)c1cccc(Oc2ccc(NC(=O)C3CC(F)(F)CN3)cc2)c1. The smallest absolute Gasteiger partial charge is 0.262 e. The average molecular weight is 396 g/mol. The highest BCUT2D eigenvalue weighted by Gasteiger charge is 2.42. The van der Waals surface area contributed by atoms with E-state index in [2.05, 4.69) is 10.6 Å². The minimum atomic E-state index is -3.34. The van der Waals surface area contributed by atoms with Gasteiger partial charge >= 0.3 is 0 Å². The first kappa shape index (κ1) is 19.2. The zero-order valence-corrected chi connectivity index (χ0v) is 15.2. The lowest BCUT2D eigenvalue weighted by atomic mass is 10.2. The molecular formula is C18H18F2N2O4S. The predicted octanol–water partition coefficient (Wildman–Crippen LogP) is 2.82. The van der Waals surface area contributed by atoms with E-state index in [4.69, 9.17) is 4.74 Å². The minimum Gasteiger partial charge on any atom is -0.457 e. The number of anilines is 1. The molecule has 1 aliphatic rings. The van der Waals surface area contributed by atoms with Crippen LogP contribution in [-0.4, -0.2) is 39.1 Å². The van der Waals surface area contributed by atoms with E-state index in [-0.39, 0.29) is 4.90 Å². The number of ether oxygens (including phenoxy) is 1. The van der Waals surface area contributed by atoms with Crippen molar-refractivity contribution in [2.24, 2.45) is 0 Å². The zero-order chi connectivity index (χ0) is 19.7. The highest BCUT2D eigenvalue weighted by Crippen LogP contribution is 2.27. The number of sulfone groups is 1. The van der Waals surface area contributed by atoms with Crippen LogP contribution in [0.5, 0.6) is 11.5 Å². The molecule has 1 fully saturated rings. The maximum absolute atomic E-state index is 13.2. The van der Waals surface area contributed by atoms with Gasteiger partial charge in [-0.3, -0.25) is 10.1 Å². The number of carbonyl (C=O) groups is 1. The largest absolute Gasteiger partial charge is 0.457 e. The van der Waals surface area contributed by atoms with E-state index in [1.165, 1.54) is 12.1 Å². The van der Waals surface area contributed by atoms with Crippen LogP contribution < -0.4 is 15.4 Å². The van der Waals surface area contributed by atoms with Gasteiger partial charge in [-0.25, -0.2) is 17.2 Å². The zero-order valence-electron chi connectivity index (χ0n) is 14.4. The van der Waals surface area contributed by atoms with Gasteiger partial charge in [-0.15, -0.1) is 0 Å².